The maximum atomic E-state index is 12.4. The Kier molecular flexibility index (Phi) is 10.9. The summed E-state index contributed by atoms with van der Waals surface area (Å²) < 4.78 is 6.99. The molecule has 6 heteroatoms. The molecule has 0 saturated carbocycles. The fraction of sp³-hybridized carbons (Fsp3) is 0.458. The molecule has 0 bridgehead atoms. The van der Waals surface area contributed by atoms with Gasteiger partial charge in [-0.1, -0.05) is 63.5 Å². The normalized spacial score (nSPS) is 10.6. The third-order valence-corrected chi connectivity index (χ3v) is 5.05. The SMILES string of the molecule is CCCCCCCCCCOC(=O)C[n+]1cccc(C(=O)Nc2ccc(Cl)cc2)c1. The van der Waals surface area contributed by atoms with Crippen LogP contribution >= 0.6 is 11.6 Å². The fourth-order valence-corrected chi connectivity index (χ4v) is 3.23. The first kappa shape index (κ1) is 23.9. The molecular weight excluding hydrogens is 400 g/mol. The molecule has 2 rings (SSSR count). The van der Waals surface area contributed by atoms with Gasteiger partial charge in [0, 0.05) is 16.8 Å². The molecule has 0 saturated heterocycles. The maximum Gasteiger partial charge on any atom is 0.372 e. The number of anilines is 1. The van der Waals surface area contributed by atoms with Crippen molar-refractivity contribution >= 4 is 29.2 Å². The van der Waals surface area contributed by atoms with E-state index >= 15 is 0 Å². The maximum absolute atomic E-state index is 12.4. The van der Waals surface area contributed by atoms with Crippen molar-refractivity contribution in [1.29, 1.82) is 0 Å². The molecule has 2 aromatic rings. The van der Waals surface area contributed by atoms with Gasteiger partial charge in [-0.2, -0.15) is 4.57 Å². The average molecular weight is 432 g/mol. The van der Waals surface area contributed by atoms with Crippen molar-refractivity contribution < 1.29 is 18.9 Å². The number of hydrogen-bond donors (Lipinski definition) is 1. The van der Waals surface area contributed by atoms with Crippen LogP contribution in [0.3, 0.4) is 0 Å². The predicted molar refractivity (Wildman–Crippen MR) is 120 cm³/mol. The molecule has 1 aromatic heterocycles. The minimum atomic E-state index is -0.293. The van der Waals surface area contributed by atoms with Gasteiger partial charge in [0.25, 0.3) is 5.91 Å². The minimum absolute atomic E-state index is 0.0824. The molecule has 1 amide bonds. The summed E-state index contributed by atoms with van der Waals surface area (Å²) in [5, 5.41) is 3.42. The first-order chi connectivity index (χ1) is 14.6. The summed E-state index contributed by atoms with van der Waals surface area (Å²) in [6, 6.07) is 10.3. The average Bonchev–Trinajstić information content (AvgIpc) is 2.74. The predicted octanol–water partition coefficient (Wildman–Crippen LogP) is 5.56. The number of unbranched alkanes of at least 4 members (excludes halogenated alkanes) is 7. The summed E-state index contributed by atoms with van der Waals surface area (Å²) in [6.07, 6.45) is 13.0. The molecule has 0 aliphatic carbocycles. The summed E-state index contributed by atoms with van der Waals surface area (Å²) in [7, 11) is 0. The van der Waals surface area contributed by atoms with Gasteiger partial charge in [-0.3, -0.25) is 4.79 Å². The zero-order chi connectivity index (χ0) is 21.6. The van der Waals surface area contributed by atoms with Gasteiger partial charge in [0.1, 0.15) is 5.56 Å². The quantitative estimate of drug-likeness (QED) is 0.256. The number of pyridine rings is 1. The highest BCUT2D eigenvalue weighted by atomic mass is 35.5. The molecular formula is C24H32ClN2O3+. The molecule has 0 atom stereocenters. The molecule has 1 aromatic carbocycles. The van der Waals surface area contributed by atoms with Gasteiger partial charge in [0.2, 0.25) is 6.54 Å². The summed E-state index contributed by atoms with van der Waals surface area (Å²) in [5.41, 5.74) is 1.12. The number of carbonyl (C=O) groups excluding carboxylic acids is 2. The smallest absolute Gasteiger partial charge is 0.372 e. The number of amides is 1. The van der Waals surface area contributed by atoms with Gasteiger partial charge in [0.05, 0.1) is 6.61 Å². The molecule has 162 valence electrons. The van der Waals surface area contributed by atoms with Gasteiger partial charge in [-0.05, 0) is 36.8 Å². The van der Waals surface area contributed by atoms with Crippen LogP contribution in [0.4, 0.5) is 5.69 Å². The van der Waals surface area contributed by atoms with Gasteiger partial charge < -0.3 is 10.1 Å². The van der Waals surface area contributed by atoms with Crippen molar-refractivity contribution in [2.75, 3.05) is 11.9 Å². The van der Waals surface area contributed by atoms with Gasteiger partial charge in [0.15, 0.2) is 12.4 Å². The van der Waals surface area contributed by atoms with Crippen molar-refractivity contribution in [3.63, 3.8) is 0 Å². The van der Waals surface area contributed by atoms with Crippen LogP contribution in [0.15, 0.2) is 48.8 Å². The van der Waals surface area contributed by atoms with Crippen LogP contribution in [0.1, 0.15) is 68.6 Å². The Morgan fingerprint density at radius 3 is 2.33 bits per heavy atom. The monoisotopic (exact) mass is 431 g/mol. The third-order valence-electron chi connectivity index (χ3n) is 4.80. The van der Waals surface area contributed by atoms with Gasteiger partial charge >= 0.3 is 5.97 Å². The van der Waals surface area contributed by atoms with Crippen LogP contribution in [-0.4, -0.2) is 18.5 Å². The zero-order valence-electron chi connectivity index (χ0n) is 17.7. The lowest BCUT2D eigenvalue weighted by Gasteiger charge is -2.05. The highest BCUT2D eigenvalue weighted by Gasteiger charge is 2.15. The lowest BCUT2D eigenvalue weighted by molar-refractivity contribution is -0.686. The van der Waals surface area contributed by atoms with Crippen molar-refractivity contribution in [3.8, 4) is 0 Å². The molecule has 5 nitrogen and oxygen atoms in total. The van der Waals surface area contributed by atoms with Crippen LogP contribution < -0.4 is 9.88 Å². The van der Waals surface area contributed by atoms with Crippen molar-refractivity contribution in [1.82, 2.24) is 0 Å². The van der Waals surface area contributed by atoms with E-state index in [1.165, 1.54) is 38.5 Å². The molecule has 1 N–H and O–H groups in total. The van der Waals surface area contributed by atoms with E-state index in [1.54, 1.807) is 53.4 Å². The Bertz CT molecular complexity index is 793. The van der Waals surface area contributed by atoms with E-state index in [-0.39, 0.29) is 18.4 Å². The molecule has 0 spiro atoms. The van der Waals surface area contributed by atoms with Crippen LogP contribution in [-0.2, 0) is 16.1 Å². The number of aromatic nitrogens is 1. The zero-order valence-corrected chi connectivity index (χ0v) is 18.5. The van der Waals surface area contributed by atoms with Crippen LogP contribution in [0.25, 0.3) is 0 Å². The Labute approximate surface area is 184 Å². The van der Waals surface area contributed by atoms with Crippen molar-refractivity contribution in [2.45, 2.75) is 64.8 Å². The Balaban J connectivity index is 1.69. The molecule has 0 unspecified atom stereocenters. The largest absolute Gasteiger partial charge is 0.461 e. The van der Waals surface area contributed by atoms with E-state index in [0.29, 0.717) is 22.9 Å². The topological polar surface area (TPSA) is 59.3 Å². The highest BCUT2D eigenvalue weighted by Crippen LogP contribution is 2.14. The van der Waals surface area contributed by atoms with E-state index in [4.69, 9.17) is 16.3 Å². The van der Waals surface area contributed by atoms with Crippen molar-refractivity contribution in [2.24, 2.45) is 0 Å². The van der Waals surface area contributed by atoms with Crippen LogP contribution in [0, 0.1) is 0 Å². The Hall–Kier alpha value is -2.40. The number of rotatable bonds is 13. The number of nitrogens with zero attached hydrogens (tertiary/aromatic N) is 1. The van der Waals surface area contributed by atoms with Gasteiger partial charge in [-0.15, -0.1) is 0 Å². The lowest BCUT2D eigenvalue weighted by atomic mass is 10.1. The second-order valence-electron chi connectivity index (χ2n) is 7.42. The molecule has 30 heavy (non-hydrogen) atoms. The standard InChI is InChI=1S/C24H31ClN2O3/c1-2-3-4-5-6-7-8-9-17-30-23(28)19-27-16-10-11-20(18-27)24(29)26-22-14-12-21(25)13-15-22/h10-16,18H,2-9,17,19H2,1H3/p+1. The van der Waals surface area contributed by atoms with E-state index < -0.39 is 0 Å². The number of hydrogen-bond acceptors (Lipinski definition) is 3. The third kappa shape index (κ3) is 9.40. The second kappa shape index (κ2) is 13.8. The van der Waals surface area contributed by atoms with Crippen LogP contribution in [0.2, 0.25) is 5.02 Å². The number of benzene rings is 1. The number of ether oxygens (including phenoxy) is 1. The first-order valence-electron chi connectivity index (χ1n) is 10.8. The minimum Gasteiger partial charge on any atom is -0.461 e. The number of nitrogens with one attached hydrogen (secondary N) is 1. The van der Waals surface area contributed by atoms with E-state index in [2.05, 4.69) is 12.2 Å². The van der Waals surface area contributed by atoms with Crippen LogP contribution in [0.5, 0.6) is 0 Å². The second-order valence-corrected chi connectivity index (χ2v) is 7.86. The fourth-order valence-electron chi connectivity index (χ4n) is 3.11. The summed E-state index contributed by atoms with van der Waals surface area (Å²) in [6.45, 7) is 2.75. The molecule has 0 fully saturated rings. The molecule has 0 aliphatic heterocycles. The molecule has 0 radical (unpaired) electrons. The highest BCUT2D eigenvalue weighted by molar-refractivity contribution is 6.30. The van der Waals surface area contributed by atoms with Gasteiger partial charge in [-0.25, -0.2) is 4.79 Å². The van der Waals surface area contributed by atoms with E-state index in [1.807, 2.05) is 0 Å². The Morgan fingerprint density at radius 2 is 1.63 bits per heavy atom. The van der Waals surface area contributed by atoms with E-state index in [0.717, 1.165) is 12.8 Å². The Morgan fingerprint density at radius 1 is 0.967 bits per heavy atom. The van der Waals surface area contributed by atoms with Crippen molar-refractivity contribution in [3.05, 3.63) is 59.4 Å². The molecule has 1 heterocycles. The number of esters is 1. The number of halogens is 1. The first-order valence-corrected chi connectivity index (χ1v) is 11.2. The molecule has 0 aliphatic rings. The summed E-state index contributed by atoms with van der Waals surface area (Å²) >= 11 is 5.86. The number of carbonyl (C=O) groups is 2. The van der Waals surface area contributed by atoms with E-state index in [9.17, 15) is 9.59 Å². The lowest BCUT2D eigenvalue weighted by Crippen LogP contribution is -2.39. The summed E-state index contributed by atoms with van der Waals surface area (Å²) in [4.78, 5) is 24.5. The summed E-state index contributed by atoms with van der Waals surface area (Å²) in [5.74, 6) is -0.544.